The average Bonchev–Trinajstić information content (AvgIpc) is 3.11. The van der Waals surface area contributed by atoms with Gasteiger partial charge >= 0.3 is 0 Å². The summed E-state index contributed by atoms with van der Waals surface area (Å²) >= 11 is 6.13. The van der Waals surface area contributed by atoms with Crippen molar-refractivity contribution in [2.75, 3.05) is 39.4 Å². The van der Waals surface area contributed by atoms with Gasteiger partial charge < -0.3 is 14.2 Å². The lowest BCUT2D eigenvalue weighted by Crippen LogP contribution is -2.45. The third-order valence-electron chi connectivity index (χ3n) is 5.93. The molecule has 2 heterocycles. The lowest BCUT2D eigenvalue weighted by molar-refractivity contribution is -0.139. The Kier molecular flexibility index (Phi) is 6.85. The molecule has 2 aromatic rings. The van der Waals surface area contributed by atoms with Crippen molar-refractivity contribution < 1.29 is 9.53 Å². The molecule has 1 aromatic heterocycles. The molecule has 1 aromatic carbocycles. The molecule has 2 fully saturated rings. The fourth-order valence-electron chi connectivity index (χ4n) is 3.91. The van der Waals surface area contributed by atoms with Gasteiger partial charge in [0, 0.05) is 56.1 Å². The van der Waals surface area contributed by atoms with E-state index in [1.165, 1.54) is 0 Å². The van der Waals surface area contributed by atoms with Crippen molar-refractivity contribution in [3.63, 3.8) is 0 Å². The van der Waals surface area contributed by atoms with Gasteiger partial charge in [0.15, 0.2) is 0 Å². The van der Waals surface area contributed by atoms with Gasteiger partial charge in [-0.1, -0.05) is 30.2 Å². The lowest BCUT2D eigenvalue weighted by atomic mass is 9.84. The third-order valence-corrected chi connectivity index (χ3v) is 6.17. The first kappa shape index (κ1) is 20.4. The van der Waals surface area contributed by atoms with E-state index in [9.17, 15) is 4.79 Å². The van der Waals surface area contributed by atoms with Gasteiger partial charge in [0.1, 0.15) is 5.82 Å². The number of carbonyl (C=O) groups is 1. The Hall–Kier alpha value is -1.89. The van der Waals surface area contributed by atoms with Crippen LogP contribution in [0.25, 0.3) is 0 Å². The van der Waals surface area contributed by atoms with Crippen LogP contribution in [-0.2, 0) is 22.6 Å². The molecule has 0 bridgehead atoms. The zero-order valence-corrected chi connectivity index (χ0v) is 17.6. The lowest BCUT2D eigenvalue weighted by Gasteiger charge is -2.34. The van der Waals surface area contributed by atoms with Crippen LogP contribution in [0.15, 0.2) is 36.7 Å². The molecule has 1 aliphatic carbocycles. The van der Waals surface area contributed by atoms with Gasteiger partial charge in [-0.05, 0) is 30.5 Å². The van der Waals surface area contributed by atoms with Crippen molar-refractivity contribution in [2.45, 2.75) is 32.4 Å². The van der Waals surface area contributed by atoms with Crippen molar-refractivity contribution in [1.29, 1.82) is 0 Å². The van der Waals surface area contributed by atoms with E-state index in [4.69, 9.17) is 16.3 Å². The quantitative estimate of drug-likeness (QED) is 0.663. The molecule has 156 valence electrons. The summed E-state index contributed by atoms with van der Waals surface area (Å²) in [5, 5.41) is 0.733. The summed E-state index contributed by atoms with van der Waals surface area (Å²) < 4.78 is 7.55. The Morgan fingerprint density at radius 3 is 2.83 bits per heavy atom. The van der Waals surface area contributed by atoms with Crippen molar-refractivity contribution in [3.05, 3.63) is 53.1 Å². The summed E-state index contributed by atoms with van der Waals surface area (Å²) in [6.45, 7) is 6.30. The predicted octanol–water partition coefficient (Wildman–Crippen LogP) is 3.05. The number of hydrogen-bond acceptors (Lipinski definition) is 4. The van der Waals surface area contributed by atoms with E-state index >= 15 is 0 Å². The van der Waals surface area contributed by atoms with Gasteiger partial charge in [0.2, 0.25) is 5.91 Å². The molecule has 4 rings (SSSR count). The molecule has 2 aliphatic rings. The third kappa shape index (κ3) is 5.38. The van der Waals surface area contributed by atoms with Crippen molar-refractivity contribution in [1.82, 2.24) is 19.4 Å². The first-order chi connectivity index (χ1) is 14.2. The minimum Gasteiger partial charge on any atom is -0.379 e. The minimum absolute atomic E-state index is 0.191. The molecule has 0 unspecified atom stereocenters. The topological polar surface area (TPSA) is 50.6 Å². The monoisotopic (exact) mass is 416 g/mol. The summed E-state index contributed by atoms with van der Waals surface area (Å²) in [7, 11) is 0. The smallest absolute Gasteiger partial charge is 0.226 e. The number of halogens is 1. The molecule has 0 radical (unpaired) electrons. The molecule has 0 N–H and O–H groups in total. The molecule has 1 aliphatic heterocycles. The van der Waals surface area contributed by atoms with Crippen LogP contribution in [0.2, 0.25) is 5.02 Å². The second-order valence-corrected chi connectivity index (χ2v) is 8.38. The summed E-state index contributed by atoms with van der Waals surface area (Å²) in [4.78, 5) is 22.0. The largest absolute Gasteiger partial charge is 0.379 e. The summed E-state index contributed by atoms with van der Waals surface area (Å²) in [6, 6.07) is 7.87. The molecule has 0 spiro atoms. The Bertz CT molecular complexity index is 815. The van der Waals surface area contributed by atoms with Crippen LogP contribution in [0.3, 0.4) is 0 Å². The number of ether oxygens (including phenoxy) is 1. The molecule has 1 saturated heterocycles. The summed E-state index contributed by atoms with van der Waals surface area (Å²) in [5.74, 6) is 1.39. The molecule has 29 heavy (non-hydrogen) atoms. The number of imidazole rings is 1. The number of amides is 1. The van der Waals surface area contributed by atoms with Crippen LogP contribution >= 0.6 is 11.6 Å². The van der Waals surface area contributed by atoms with Crippen LogP contribution in [0.5, 0.6) is 0 Å². The highest BCUT2D eigenvalue weighted by atomic mass is 35.5. The molecule has 6 nitrogen and oxygen atoms in total. The van der Waals surface area contributed by atoms with Crippen molar-refractivity contribution in [2.24, 2.45) is 5.92 Å². The van der Waals surface area contributed by atoms with E-state index in [0.717, 1.165) is 75.1 Å². The highest BCUT2D eigenvalue weighted by Crippen LogP contribution is 2.28. The maximum absolute atomic E-state index is 13.1. The first-order valence-corrected chi connectivity index (χ1v) is 10.9. The van der Waals surface area contributed by atoms with E-state index in [1.54, 1.807) is 0 Å². The van der Waals surface area contributed by atoms with Gasteiger partial charge in [-0.3, -0.25) is 9.69 Å². The fourth-order valence-corrected chi connectivity index (χ4v) is 4.12. The average molecular weight is 417 g/mol. The SMILES string of the molecule is O=C(C1CCC1)N(CCN1CCOCC1)Cc1nccn1Cc1cccc(Cl)c1. The zero-order valence-electron chi connectivity index (χ0n) is 16.8. The number of hydrogen-bond donors (Lipinski definition) is 0. The number of carbonyl (C=O) groups excluding carboxylic acids is 1. The van der Waals surface area contributed by atoms with E-state index in [-0.39, 0.29) is 11.8 Å². The molecular weight excluding hydrogens is 388 g/mol. The van der Waals surface area contributed by atoms with E-state index in [1.807, 2.05) is 35.5 Å². The maximum Gasteiger partial charge on any atom is 0.226 e. The normalized spacial score (nSPS) is 17.8. The van der Waals surface area contributed by atoms with E-state index in [2.05, 4.69) is 20.5 Å². The van der Waals surface area contributed by atoms with E-state index < -0.39 is 0 Å². The van der Waals surface area contributed by atoms with Crippen LogP contribution in [-0.4, -0.2) is 64.7 Å². The number of rotatable bonds is 8. The molecule has 7 heteroatoms. The van der Waals surface area contributed by atoms with Crippen LogP contribution < -0.4 is 0 Å². The van der Waals surface area contributed by atoms with Gasteiger partial charge in [-0.25, -0.2) is 4.98 Å². The first-order valence-electron chi connectivity index (χ1n) is 10.5. The molecule has 1 saturated carbocycles. The maximum atomic E-state index is 13.1. The zero-order chi connectivity index (χ0) is 20.1. The van der Waals surface area contributed by atoms with Gasteiger partial charge in [0.05, 0.1) is 19.8 Å². The highest BCUT2D eigenvalue weighted by Gasteiger charge is 2.30. The number of nitrogens with zero attached hydrogens (tertiary/aromatic N) is 4. The number of aromatic nitrogens is 2. The highest BCUT2D eigenvalue weighted by molar-refractivity contribution is 6.30. The Labute approximate surface area is 177 Å². The van der Waals surface area contributed by atoms with Gasteiger partial charge in [-0.2, -0.15) is 0 Å². The molecule has 0 atom stereocenters. The Morgan fingerprint density at radius 1 is 1.28 bits per heavy atom. The molecule has 1 amide bonds. The van der Waals surface area contributed by atoms with Crippen molar-refractivity contribution in [3.8, 4) is 0 Å². The minimum atomic E-state index is 0.191. The van der Waals surface area contributed by atoms with Crippen LogP contribution in [0.4, 0.5) is 0 Å². The summed E-state index contributed by atoms with van der Waals surface area (Å²) in [6.07, 6.45) is 6.99. The second kappa shape index (κ2) is 9.74. The number of morpholine rings is 1. The number of benzene rings is 1. The van der Waals surface area contributed by atoms with E-state index in [0.29, 0.717) is 13.1 Å². The Morgan fingerprint density at radius 2 is 2.10 bits per heavy atom. The molecular formula is C22H29ClN4O2. The Balaban J connectivity index is 1.43. The van der Waals surface area contributed by atoms with Crippen LogP contribution in [0.1, 0.15) is 30.7 Å². The standard InChI is InChI=1S/C22H29ClN4O2/c23-20-6-1-3-18(15-20)16-26-8-7-24-21(26)17-27(22(28)19-4-2-5-19)10-9-25-11-13-29-14-12-25/h1,3,6-8,15,19H,2,4-5,9-14,16-17H2. The second-order valence-electron chi connectivity index (χ2n) is 7.94. The summed E-state index contributed by atoms with van der Waals surface area (Å²) in [5.41, 5.74) is 1.13. The van der Waals surface area contributed by atoms with Gasteiger partial charge in [0.25, 0.3) is 0 Å². The van der Waals surface area contributed by atoms with Crippen LogP contribution in [0, 0.1) is 5.92 Å². The predicted molar refractivity (Wildman–Crippen MR) is 113 cm³/mol. The van der Waals surface area contributed by atoms with Gasteiger partial charge in [-0.15, -0.1) is 0 Å². The van der Waals surface area contributed by atoms with Crippen molar-refractivity contribution >= 4 is 17.5 Å². The fraction of sp³-hybridized carbons (Fsp3) is 0.545.